The number of nitrogens with zero attached hydrogens (tertiary/aromatic N) is 2. The van der Waals surface area contributed by atoms with Crippen LogP contribution in [0.25, 0.3) is 0 Å². The van der Waals surface area contributed by atoms with E-state index in [2.05, 4.69) is 20.0 Å². The minimum absolute atomic E-state index is 0.0272. The van der Waals surface area contributed by atoms with Crippen molar-refractivity contribution in [1.82, 2.24) is 15.3 Å². The Morgan fingerprint density at radius 1 is 1.20 bits per heavy atom. The van der Waals surface area contributed by atoms with E-state index in [1.165, 1.54) is 12.3 Å². The van der Waals surface area contributed by atoms with Crippen LogP contribution in [0, 0.1) is 6.92 Å². The first-order valence-electron chi connectivity index (χ1n) is 6.07. The fourth-order valence-corrected chi connectivity index (χ4v) is 2.60. The predicted octanol–water partition coefficient (Wildman–Crippen LogP) is 1.31. The Kier molecular flexibility index (Phi) is 4.31. The highest BCUT2D eigenvalue weighted by molar-refractivity contribution is 7.92. The van der Waals surface area contributed by atoms with E-state index >= 15 is 0 Å². The van der Waals surface area contributed by atoms with Crippen molar-refractivity contribution in [1.29, 1.82) is 0 Å². The van der Waals surface area contributed by atoms with Crippen molar-refractivity contribution in [3.63, 3.8) is 0 Å². The molecule has 0 spiro atoms. The maximum absolute atomic E-state index is 12.2. The molecule has 0 radical (unpaired) electrons. The van der Waals surface area contributed by atoms with Gasteiger partial charge in [-0.05, 0) is 37.7 Å². The second-order valence-electron chi connectivity index (χ2n) is 4.30. The van der Waals surface area contributed by atoms with Crippen LogP contribution in [0.2, 0.25) is 0 Å². The van der Waals surface area contributed by atoms with Gasteiger partial charge in [0.1, 0.15) is 5.82 Å². The maximum Gasteiger partial charge on any atom is 0.280 e. The molecule has 106 valence electrons. The fraction of sp³-hybridized carbons (Fsp3) is 0.231. The maximum atomic E-state index is 12.2. The average Bonchev–Trinajstić information content (AvgIpc) is 2.39. The smallest absolute Gasteiger partial charge is 0.280 e. The third-order valence-electron chi connectivity index (χ3n) is 2.58. The molecule has 0 atom stereocenters. The molecular weight excluding hydrogens is 276 g/mol. The van der Waals surface area contributed by atoms with Gasteiger partial charge in [-0.1, -0.05) is 12.1 Å². The Bertz CT molecular complexity index is 684. The van der Waals surface area contributed by atoms with E-state index in [1.54, 1.807) is 31.2 Å². The van der Waals surface area contributed by atoms with Gasteiger partial charge >= 0.3 is 0 Å². The number of hydrogen-bond acceptors (Lipinski definition) is 5. The van der Waals surface area contributed by atoms with Gasteiger partial charge in [0.2, 0.25) is 0 Å². The number of sulfonamides is 1. The van der Waals surface area contributed by atoms with Crippen LogP contribution in [0.15, 0.2) is 41.6 Å². The molecule has 0 bridgehead atoms. The predicted molar refractivity (Wildman–Crippen MR) is 76.8 cm³/mol. The van der Waals surface area contributed by atoms with E-state index in [0.717, 1.165) is 11.3 Å². The first kappa shape index (κ1) is 14.4. The van der Waals surface area contributed by atoms with Crippen molar-refractivity contribution in [2.75, 3.05) is 11.8 Å². The quantitative estimate of drug-likeness (QED) is 0.868. The monoisotopic (exact) mass is 292 g/mol. The molecule has 0 amide bonds. The van der Waals surface area contributed by atoms with Crippen molar-refractivity contribution in [2.24, 2.45) is 0 Å². The van der Waals surface area contributed by atoms with E-state index in [9.17, 15) is 8.42 Å². The summed E-state index contributed by atoms with van der Waals surface area (Å²) in [5.74, 6) is 0.283. The summed E-state index contributed by atoms with van der Waals surface area (Å²) in [5, 5.41) is 2.95. The molecule has 0 aliphatic heterocycles. The summed E-state index contributed by atoms with van der Waals surface area (Å²) in [7, 11) is -1.89. The third kappa shape index (κ3) is 3.52. The zero-order valence-corrected chi connectivity index (χ0v) is 12.1. The van der Waals surface area contributed by atoms with Crippen LogP contribution in [0.3, 0.4) is 0 Å². The SMILES string of the molecule is CNCc1ccc(S(=O)(=O)Nc2cccc(C)n2)nc1. The minimum Gasteiger partial charge on any atom is -0.316 e. The summed E-state index contributed by atoms with van der Waals surface area (Å²) in [5.41, 5.74) is 1.66. The van der Waals surface area contributed by atoms with E-state index in [0.29, 0.717) is 6.54 Å². The summed E-state index contributed by atoms with van der Waals surface area (Å²) in [6, 6.07) is 8.33. The van der Waals surface area contributed by atoms with Crippen molar-refractivity contribution in [2.45, 2.75) is 18.5 Å². The standard InChI is InChI=1S/C13H16N4O2S/c1-10-4-3-5-12(16-10)17-20(18,19)13-7-6-11(8-14-2)9-15-13/h3-7,9,14H,8H2,1-2H3,(H,16,17). The molecule has 0 aliphatic carbocycles. The minimum atomic E-state index is -3.71. The zero-order valence-electron chi connectivity index (χ0n) is 11.3. The van der Waals surface area contributed by atoms with Gasteiger partial charge in [0, 0.05) is 18.4 Å². The molecule has 2 N–H and O–H groups in total. The summed E-state index contributed by atoms with van der Waals surface area (Å²) < 4.78 is 26.7. The van der Waals surface area contributed by atoms with Crippen molar-refractivity contribution < 1.29 is 8.42 Å². The second kappa shape index (κ2) is 5.98. The van der Waals surface area contributed by atoms with E-state index in [1.807, 2.05) is 7.05 Å². The lowest BCUT2D eigenvalue weighted by atomic mass is 10.3. The second-order valence-corrected chi connectivity index (χ2v) is 5.93. The van der Waals surface area contributed by atoms with Crippen molar-refractivity contribution >= 4 is 15.8 Å². The molecule has 7 heteroatoms. The van der Waals surface area contributed by atoms with E-state index in [-0.39, 0.29) is 10.8 Å². The normalized spacial score (nSPS) is 11.3. The Balaban J connectivity index is 2.21. The van der Waals surface area contributed by atoms with E-state index < -0.39 is 10.0 Å². The first-order chi connectivity index (χ1) is 9.51. The van der Waals surface area contributed by atoms with Gasteiger partial charge in [0.05, 0.1) is 0 Å². The molecular formula is C13H16N4O2S. The first-order valence-corrected chi connectivity index (χ1v) is 7.55. The van der Waals surface area contributed by atoms with Crippen LogP contribution in [0.1, 0.15) is 11.3 Å². The fourth-order valence-electron chi connectivity index (χ4n) is 1.67. The molecule has 0 fully saturated rings. The molecule has 2 rings (SSSR count). The van der Waals surface area contributed by atoms with Gasteiger partial charge in [-0.25, -0.2) is 9.97 Å². The number of aromatic nitrogens is 2. The summed E-state index contributed by atoms with van der Waals surface area (Å²) in [4.78, 5) is 8.07. The Morgan fingerprint density at radius 2 is 2.00 bits per heavy atom. The topological polar surface area (TPSA) is 84.0 Å². The molecule has 0 saturated carbocycles. The van der Waals surface area contributed by atoms with Gasteiger partial charge in [-0.15, -0.1) is 0 Å². The molecule has 2 aromatic heterocycles. The van der Waals surface area contributed by atoms with Crippen LogP contribution in [-0.4, -0.2) is 25.4 Å². The number of pyridine rings is 2. The Morgan fingerprint density at radius 3 is 2.60 bits per heavy atom. The van der Waals surface area contributed by atoms with Gasteiger partial charge in [0.15, 0.2) is 5.03 Å². The number of nitrogens with one attached hydrogen (secondary N) is 2. The van der Waals surface area contributed by atoms with Crippen molar-refractivity contribution in [3.05, 3.63) is 47.8 Å². The summed E-state index contributed by atoms with van der Waals surface area (Å²) in [6.45, 7) is 2.43. The molecule has 0 aliphatic rings. The summed E-state index contributed by atoms with van der Waals surface area (Å²) in [6.07, 6.45) is 1.54. The van der Waals surface area contributed by atoms with Crippen LogP contribution < -0.4 is 10.0 Å². The lowest BCUT2D eigenvalue weighted by Gasteiger charge is -2.07. The van der Waals surface area contributed by atoms with Crippen LogP contribution >= 0.6 is 0 Å². The molecule has 0 saturated heterocycles. The number of aryl methyl sites for hydroxylation is 1. The largest absolute Gasteiger partial charge is 0.316 e. The summed E-state index contributed by atoms with van der Waals surface area (Å²) >= 11 is 0. The van der Waals surface area contributed by atoms with Gasteiger partial charge < -0.3 is 5.32 Å². The van der Waals surface area contributed by atoms with Gasteiger partial charge in [0.25, 0.3) is 10.0 Å². The molecule has 6 nitrogen and oxygen atoms in total. The molecule has 0 unspecified atom stereocenters. The van der Waals surface area contributed by atoms with Gasteiger partial charge in [-0.2, -0.15) is 8.42 Å². The van der Waals surface area contributed by atoms with Crippen molar-refractivity contribution in [3.8, 4) is 0 Å². The average molecular weight is 292 g/mol. The lowest BCUT2D eigenvalue weighted by molar-refractivity contribution is 0.597. The van der Waals surface area contributed by atoms with Crippen LogP contribution in [-0.2, 0) is 16.6 Å². The van der Waals surface area contributed by atoms with Gasteiger partial charge in [-0.3, -0.25) is 4.72 Å². The van der Waals surface area contributed by atoms with Crippen LogP contribution in [0.4, 0.5) is 5.82 Å². The Hall–Kier alpha value is -1.99. The molecule has 2 aromatic rings. The van der Waals surface area contributed by atoms with E-state index in [4.69, 9.17) is 0 Å². The molecule has 2 heterocycles. The van der Waals surface area contributed by atoms with Crippen LogP contribution in [0.5, 0.6) is 0 Å². The lowest BCUT2D eigenvalue weighted by Crippen LogP contribution is -2.16. The number of rotatable bonds is 5. The molecule has 0 aromatic carbocycles. The highest BCUT2D eigenvalue weighted by atomic mass is 32.2. The molecule has 20 heavy (non-hydrogen) atoms. The number of hydrogen-bond donors (Lipinski definition) is 2. The zero-order chi connectivity index (χ0) is 14.6. The number of anilines is 1. The highest BCUT2D eigenvalue weighted by Crippen LogP contribution is 2.13. The third-order valence-corrected chi connectivity index (χ3v) is 3.85. The Labute approximate surface area is 118 Å². The highest BCUT2D eigenvalue weighted by Gasteiger charge is 2.16.